The Kier molecular flexibility index (Phi) is 5.83. The van der Waals surface area contributed by atoms with E-state index in [1.165, 1.54) is 22.9 Å². The van der Waals surface area contributed by atoms with Crippen LogP contribution in [0, 0.1) is 0 Å². The number of unbranched alkanes of at least 4 members (excludes halogenated alkanes) is 1. The van der Waals surface area contributed by atoms with Crippen molar-refractivity contribution in [2.45, 2.75) is 52.5 Å². The lowest BCUT2D eigenvalue weighted by Crippen LogP contribution is -2.46. The lowest BCUT2D eigenvalue weighted by atomic mass is 10.1. The average Bonchev–Trinajstić information content (AvgIpc) is 2.35. The van der Waals surface area contributed by atoms with Gasteiger partial charge in [0.1, 0.15) is 0 Å². The van der Waals surface area contributed by atoms with Crippen molar-refractivity contribution in [3.8, 4) is 0 Å². The topological polar surface area (TPSA) is 32.3 Å². The zero-order chi connectivity index (χ0) is 14.5. The van der Waals surface area contributed by atoms with Crippen LogP contribution in [0.2, 0.25) is 0 Å². The minimum Gasteiger partial charge on any atom is -0.270 e. The minimum absolute atomic E-state index is 0.188. The molecule has 0 spiro atoms. The maximum absolute atomic E-state index is 12.0. The van der Waals surface area contributed by atoms with Crippen molar-refractivity contribution < 1.29 is 4.79 Å². The molecule has 1 amide bonds. The number of aryl methyl sites for hydroxylation is 1. The summed E-state index contributed by atoms with van der Waals surface area (Å²) in [5.41, 5.74) is 4.22. The van der Waals surface area contributed by atoms with Gasteiger partial charge in [-0.3, -0.25) is 10.2 Å². The second-order valence-corrected chi connectivity index (χ2v) is 6.03. The van der Waals surface area contributed by atoms with Gasteiger partial charge in [-0.25, -0.2) is 0 Å². The molecule has 0 saturated heterocycles. The molecule has 0 bridgehead atoms. The Morgan fingerprint density at radius 2 is 1.84 bits per heavy atom. The Balaban J connectivity index is 2.63. The third kappa shape index (κ3) is 5.21. The summed E-state index contributed by atoms with van der Waals surface area (Å²) < 4.78 is 1.31. The number of benzene rings is 1. The highest BCUT2D eigenvalue weighted by Gasteiger charge is 2.21. The number of hydrogen-bond acceptors (Lipinski definition) is 2. The molecule has 1 aromatic carbocycles. The number of amides is 1. The summed E-state index contributed by atoms with van der Waals surface area (Å²) in [6.45, 7) is 7.94. The number of carbonyl (C=O) groups excluding carboxylic acids is 1. The summed E-state index contributed by atoms with van der Waals surface area (Å²) in [5.74, 6) is -0.188. The second-order valence-electron chi connectivity index (χ2n) is 5.69. The molecule has 0 unspecified atom stereocenters. The molecule has 0 fully saturated rings. The van der Waals surface area contributed by atoms with Crippen LogP contribution in [0.25, 0.3) is 0 Å². The van der Waals surface area contributed by atoms with Gasteiger partial charge in [-0.15, -0.1) is 4.53 Å². The summed E-state index contributed by atoms with van der Waals surface area (Å²) in [6, 6.07) is 7.68. The molecular formula is C15H23ClN2O. The first-order valence-corrected chi connectivity index (χ1v) is 7.04. The first kappa shape index (κ1) is 16.0. The second kappa shape index (κ2) is 6.92. The smallest absolute Gasteiger partial charge is 0.266 e. The summed E-state index contributed by atoms with van der Waals surface area (Å²) in [6.07, 6.45) is 3.40. The quantitative estimate of drug-likeness (QED) is 0.656. The number of nitrogens with zero attached hydrogens (tertiary/aromatic N) is 1. The molecule has 0 atom stereocenters. The van der Waals surface area contributed by atoms with Crippen LogP contribution in [0.3, 0.4) is 0 Å². The summed E-state index contributed by atoms with van der Waals surface area (Å²) in [5, 5.41) is 0. The van der Waals surface area contributed by atoms with Crippen LogP contribution in [0.1, 0.15) is 56.5 Å². The fourth-order valence-corrected chi connectivity index (χ4v) is 1.60. The van der Waals surface area contributed by atoms with Gasteiger partial charge in [0.25, 0.3) is 5.91 Å². The molecule has 0 radical (unpaired) electrons. The van der Waals surface area contributed by atoms with Crippen molar-refractivity contribution in [2.75, 3.05) is 0 Å². The molecule has 19 heavy (non-hydrogen) atoms. The lowest BCUT2D eigenvalue weighted by molar-refractivity contribution is 0.0806. The number of hydrazine groups is 1. The highest BCUT2D eigenvalue weighted by atomic mass is 35.5. The zero-order valence-corrected chi connectivity index (χ0v) is 12.9. The van der Waals surface area contributed by atoms with Gasteiger partial charge in [-0.2, -0.15) is 0 Å². The van der Waals surface area contributed by atoms with Gasteiger partial charge in [-0.05, 0) is 51.3 Å². The number of rotatable bonds is 5. The molecule has 0 aromatic heterocycles. The Hall–Kier alpha value is -1.06. The Bertz CT molecular complexity index is 409. The third-order valence-corrected chi connectivity index (χ3v) is 3.42. The standard InChI is InChI=1S/C15H23ClN2O/c1-5-6-7-12-8-10-13(11-9-12)14(19)17-18(16)15(2,3)4/h8-11H,5-7H2,1-4H3,(H,17,19). The minimum atomic E-state index is -0.321. The maximum atomic E-state index is 12.0. The lowest BCUT2D eigenvalue weighted by Gasteiger charge is -2.28. The Morgan fingerprint density at radius 1 is 1.26 bits per heavy atom. The molecule has 0 saturated carbocycles. The van der Waals surface area contributed by atoms with Crippen molar-refractivity contribution in [3.05, 3.63) is 35.4 Å². The third-order valence-electron chi connectivity index (χ3n) is 2.82. The molecule has 0 aliphatic heterocycles. The van der Waals surface area contributed by atoms with Crippen LogP contribution in [0.4, 0.5) is 0 Å². The number of hydrogen-bond donors (Lipinski definition) is 1. The molecule has 106 valence electrons. The van der Waals surface area contributed by atoms with E-state index in [-0.39, 0.29) is 11.4 Å². The number of halogens is 1. The molecule has 0 aliphatic carbocycles. The van der Waals surface area contributed by atoms with Gasteiger partial charge in [0.05, 0.1) is 0 Å². The van der Waals surface area contributed by atoms with Crippen LogP contribution in [0.5, 0.6) is 0 Å². The molecule has 3 nitrogen and oxygen atoms in total. The molecule has 0 heterocycles. The van der Waals surface area contributed by atoms with Gasteiger partial charge < -0.3 is 0 Å². The largest absolute Gasteiger partial charge is 0.270 e. The predicted molar refractivity (Wildman–Crippen MR) is 80.0 cm³/mol. The van der Waals surface area contributed by atoms with E-state index in [2.05, 4.69) is 12.3 Å². The van der Waals surface area contributed by atoms with Gasteiger partial charge in [-0.1, -0.05) is 25.5 Å². The molecule has 1 rings (SSSR count). The van der Waals surface area contributed by atoms with Crippen molar-refractivity contribution in [1.29, 1.82) is 0 Å². The Morgan fingerprint density at radius 3 is 2.32 bits per heavy atom. The van der Waals surface area contributed by atoms with Gasteiger partial charge in [0, 0.05) is 22.9 Å². The first-order chi connectivity index (χ1) is 8.84. The van der Waals surface area contributed by atoms with Crippen molar-refractivity contribution in [1.82, 2.24) is 9.95 Å². The number of carbonyl (C=O) groups is 1. The van der Waals surface area contributed by atoms with Gasteiger partial charge >= 0.3 is 0 Å². The van der Waals surface area contributed by atoms with Gasteiger partial charge in [0.2, 0.25) is 0 Å². The fraction of sp³-hybridized carbons (Fsp3) is 0.533. The maximum Gasteiger partial charge on any atom is 0.266 e. The van der Waals surface area contributed by atoms with Crippen LogP contribution in [-0.4, -0.2) is 16.0 Å². The van der Waals surface area contributed by atoms with Crippen LogP contribution >= 0.6 is 11.8 Å². The molecular weight excluding hydrogens is 260 g/mol. The van der Waals surface area contributed by atoms with E-state index in [0.717, 1.165) is 6.42 Å². The molecule has 1 N–H and O–H groups in total. The van der Waals surface area contributed by atoms with E-state index >= 15 is 0 Å². The molecule has 1 aromatic rings. The zero-order valence-electron chi connectivity index (χ0n) is 12.2. The average molecular weight is 283 g/mol. The van der Waals surface area contributed by atoms with E-state index < -0.39 is 0 Å². The molecule has 4 heteroatoms. The SMILES string of the molecule is CCCCc1ccc(C(=O)NN(Cl)C(C)(C)C)cc1. The highest BCUT2D eigenvalue weighted by molar-refractivity contribution is 6.14. The van der Waals surface area contributed by atoms with Crippen molar-refractivity contribution in [3.63, 3.8) is 0 Å². The predicted octanol–water partition coefficient (Wildman–Crippen LogP) is 3.93. The van der Waals surface area contributed by atoms with Crippen molar-refractivity contribution in [2.24, 2.45) is 0 Å². The van der Waals surface area contributed by atoms with Crippen LogP contribution < -0.4 is 5.43 Å². The van der Waals surface area contributed by atoms with E-state index in [0.29, 0.717) is 5.56 Å². The highest BCUT2D eigenvalue weighted by Crippen LogP contribution is 2.14. The van der Waals surface area contributed by atoms with E-state index in [4.69, 9.17) is 11.8 Å². The first-order valence-electron chi connectivity index (χ1n) is 6.70. The monoisotopic (exact) mass is 282 g/mol. The summed E-state index contributed by atoms with van der Waals surface area (Å²) in [4.78, 5) is 12.0. The van der Waals surface area contributed by atoms with Crippen LogP contribution in [0.15, 0.2) is 24.3 Å². The normalized spacial score (nSPS) is 11.7. The summed E-state index contributed by atoms with van der Waals surface area (Å²) in [7, 11) is 0. The van der Waals surface area contributed by atoms with Gasteiger partial charge in [0.15, 0.2) is 0 Å². The number of nitrogens with one attached hydrogen (secondary N) is 1. The van der Waals surface area contributed by atoms with E-state index in [1.807, 2.05) is 45.0 Å². The van der Waals surface area contributed by atoms with E-state index in [1.54, 1.807) is 0 Å². The Labute approximate surface area is 121 Å². The van der Waals surface area contributed by atoms with Crippen LogP contribution in [-0.2, 0) is 6.42 Å². The summed E-state index contributed by atoms with van der Waals surface area (Å²) >= 11 is 6.00. The fourth-order valence-electron chi connectivity index (χ4n) is 1.53. The van der Waals surface area contributed by atoms with Crippen molar-refractivity contribution >= 4 is 17.7 Å². The molecule has 0 aliphatic rings. The van der Waals surface area contributed by atoms with E-state index in [9.17, 15) is 4.79 Å².